The van der Waals surface area contributed by atoms with E-state index < -0.39 is 18.3 Å². The van der Waals surface area contributed by atoms with Gasteiger partial charge >= 0.3 is 0 Å². The second-order valence-electron chi connectivity index (χ2n) is 4.55. The van der Waals surface area contributed by atoms with Crippen molar-refractivity contribution in [1.29, 1.82) is 0 Å². The van der Waals surface area contributed by atoms with E-state index in [1.807, 2.05) is 13.8 Å². The van der Waals surface area contributed by atoms with Crippen molar-refractivity contribution in [1.82, 2.24) is 10.6 Å². The van der Waals surface area contributed by atoms with E-state index >= 15 is 0 Å². The minimum Gasteiger partial charge on any atom is -0.384 e. The van der Waals surface area contributed by atoms with E-state index in [2.05, 4.69) is 22.5 Å². The highest BCUT2D eigenvalue weighted by Gasteiger charge is 2.12. The molecule has 0 heterocycles. The number of aliphatic hydroxyl groups is 1. The lowest BCUT2D eigenvalue weighted by Crippen LogP contribution is -2.40. The van der Waals surface area contributed by atoms with Gasteiger partial charge in [0.1, 0.15) is 12.4 Å². The lowest BCUT2D eigenvalue weighted by atomic mass is 10.1. The molecule has 0 spiro atoms. The standard InChI is InChI=1S/C15H17FN2O3/c1-10(2)18-14(20)9-17-15(21)13-6-5-12(16)8-11(13)4-3-7-19/h5-6,8,10,19H,7,9H2,1-2H3,(H,17,21)(H,18,20). The molecule has 0 aromatic heterocycles. The molecule has 21 heavy (non-hydrogen) atoms. The van der Waals surface area contributed by atoms with Crippen molar-refractivity contribution in [3.8, 4) is 11.8 Å². The lowest BCUT2D eigenvalue weighted by molar-refractivity contribution is -0.120. The van der Waals surface area contributed by atoms with Crippen LogP contribution in [-0.2, 0) is 4.79 Å². The molecule has 2 amide bonds. The summed E-state index contributed by atoms with van der Waals surface area (Å²) in [6.45, 7) is 3.04. The van der Waals surface area contributed by atoms with Crippen LogP contribution in [0.4, 0.5) is 4.39 Å². The van der Waals surface area contributed by atoms with Crippen molar-refractivity contribution in [3.05, 3.63) is 35.1 Å². The highest BCUT2D eigenvalue weighted by Crippen LogP contribution is 2.10. The largest absolute Gasteiger partial charge is 0.384 e. The number of rotatable bonds is 4. The van der Waals surface area contributed by atoms with Crippen molar-refractivity contribution in [2.24, 2.45) is 0 Å². The lowest BCUT2D eigenvalue weighted by Gasteiger charge is -2.10. The van der Waals surface area contributed by atoms with Gasteiger partial charge in [-0.15, -0.1) is 0 Å². The van der Waals surface area contributed by atoms with Crippen LogP contribution in [-0.4, -0.2) is 36.1 Å². The molecule has 5 nitrogen and oxygen atoms in total. The first-order valence-electron chi connectivity index (χ1n) is 6.41. The molecule has 0 aliphatic heterocycles. The molecule has 0 aliphatic rings. The summed E-state index contributed by atoms with van der Waals surface area (Å²) in [6, 6.07) is 3.50. The number of carbonyl (C=O) groups excluding carboxylic acids is 2. The highest BCUT2D eigenvalue weighted by molar-refractivity contribution is 5.98. The topological polar surface area (TPSA) is 78.4 Å². The molecule has 3 N–H and O–H groups in total. The van der Waals surface area contributed by atoms with Crippen LogP contribution in [0.15, 0.2) is 18.2 Å². The number of aliphatic hydroxyl groups excluding tert-OH is 1. The number of hydrogen-bond donors (Lipinski definition) is 3. The smallest absolute Gasteiger partial charge is 0.252 e. The number of carbonyl (C=O) groups is 2. The summed E-state index contributed by atoms with van der Waals surface area (Å²) in [5.41, 5.74) is 0.306. The van der Waals surface area contributed by atoms with Crippen LogP contribution < -0.4 is 10.6 Å². The normalized spacial score (nSPS) is 9.76. The fourth-order valence-electron chi connectivity index (χ4n) is 1.58. The van der Waals surface area contributed by atoms with Gasteiger partial charge in [0, 0.05) is 11.6 Å². The summed E-state index contributed by atoms with van der Waals surface area (Å²) >= 11 is 0. The molecule has 6 heteroatoms. The number of halogens is 1. The maximum Gasteiger partial charge on any atom is 0.252 e. The molecule has 0 fully saturated rings. The quantitative estimate of drug-likeness (QED) is 0.704. The van der Waals surface area contributed by atoms with Gasteiger partial charge in [0.15, 0.2) is 0 Å². The van der Waals surface area contributed by atoms with Gasteiger partial charge in [-0.3, -0.25) is 9.59 Å². The van der Waals surface area contributed by atoms with Crippen LogP contribution in [0.25, 0.3) is 0 Å². The van der Waals surface area contributed by atoms with Gasteiger partial charge in [-0.05, 0) is 32.0 Å². The molecule has 0 unspecified atom stereocenters. The second-order valence-corrected chi connectivity index (χ2v) is 4.55. The summed E-state index contributed by atoms with van der Waals surface area (Å²) in [5.74, 6) is 3.48. The van der Waals surface area contributed by atoms with Crippen LogP contribution >= 0.6 is 0 Å². The number of benzene rings is 1. The van der Waals surface area contributed by atoms with E-state index in [0.717, 1.165) is 12.1 Å². The van der Waals surface area contributed by atoms with E-state index in [4.69, 9.17) is 5.11 Å². The molecular weight excluding hydrogens is 275 g/mol. The summed E-state index contributed by atoms with van der Waals surface area (Å²) in [4.78, 5) is 23.4. The Morgan fingerprint density at radius 1 is 1.38 bits per heavy atom. The fourth-order valence-corrected chi connectivity index (χ4v) is 1.58. The van der Waals surface area contributed by atoms with Crippen molar-refractivity contribution >= 4 is 11.8 Å². The minimum atomic E-state index is -0.536. The van der Waals surface area contributed by atoms with E-state index in [9.17, 15) is 14.0 Å². The van der Waals surface area contributed by atoms with Crippen LogP contribution in [0.5, 0.6) is 0 Å². The number of amides is 2. The van der Waals surface area contributed by atoms with Gasteiger partial charge < -0.3 is 15.7 Å². The van der Waals surface area contributed by atoms with Gasteiger partial charge in [0.25, 0.3) is 5.91 Å². The molecule has 0 atom stereocenters. The monoisotopic (exact) mass is 292 g/mol. The highest BCUT2D eigenvalue weighted by atomic mass is 19.1. The van der Waals surface area contributed by atoms with E-state index in [0.29, 0.717) is 0 Å². The first-order valence-corrected chi connectivity index (χ1v) is 6.41. The number of nitrogens with one attached hydrogen (secondary N) is 2. The first-order chi connectivity index (χ1) is 9.93. The van der Waals surface area contributed by atoms with Gasteiger partial charge in [0.2, 0.25) is 5.91 Å². The van der Waals surface area contributed by atoms with Crippen LogP contribution in [0, 0.1) is 17.7 Å². The molecule has 0 radical (unpaired) electrons. The maximum absolute atomic E-state index is 13.2. The summed E-state index contributed by atoms with van der Waals surface area (Å²) < 4.78 is 13.2. The molecule has 1 rings (SSSR count). The molecule has 1 aromatic rings. The third-order valence-electron chi connectivity index (χ3n) is 2.39. The zero-order chi connectivity index (χ0) is 15.8. The van der Waals surface area contributed by atoms with Gasteiger partial charge in [0.05, 0.1) is 12.1 Å². The Morgan fingerprint density at radius 3 is 2.71 bits per heavy atom. The molecule has 112 valence electrons. The molecular formula is C15H17FN2O3. The Morgan fingerprint density at radius 2 is 2.10 bits per heavy atom. The molecule has 1 aromatic carbocycles. The van der Waals surface area contributed by atoms with Crippen LogP contribution in [0.3, 0.4) is 0 Å². The predicted molar refractivity (Wildman–Crippen MR) is 76.0 cm³/mol. The van der Waals surface area contributed by atoms with Gasteiger partial charge in [-0.2, -0.15) is 0 Å². The second kappa shape index (κ2) is 8.02. The fraction of sp³-hybridized carbons (Fsp3) is 0.333. The van der Waals surface area contributed by atoms with Crippen molar-refractivity contribution in [2.75, 3.05) is 13.2 Å². The Labute approximate surface area is 122 Å². The Kier molecular flexibility index (Phi) is 6.37. The molecule has 0 bridgehead atoms. The zero-order valence-electron chi connectivity index (χ0n) is 11.9. The van der Waals surface area contributed by atoms with Crippen LogP contribution in [0.2, 0.25) is 0 Å². The molecule has 0 aliphatic carbocycles. The summed E-state index contributed by atoms with van der Waals surface area (Å²) in [5, 5.41) is 13.7. The van der Waals surface area contributed by atoms with E-state index in [1.54, 1.807) is 0 Å². The Bertz CT molecular complexity index is 588. The molecule has 0 saturated carbocycles. The molecule has 0 saturated heterocycles. The van der Waals surface area contributed by atoms with E-state index in [-0.39, 0.29) is 29.6 Å². The van der Waals surface area contributed by atoms with Crippen molar-refractivity contribution < 1.29 is 19.1 Å². The average molecular weight is 292 g/mol. The number of hydrogen-bond acceptors (Lipinski definition) is 3. The average Bonchev–Trinajstić information content (AvgIpc) is 2.42. The maximum atomic E-state index is 13.2. The van der Waals surface area contributed by atoms with Gasteiger partial charge in [-0.25, -0.2) is 4.39 Å². The zero-order valence-corrected chi connectivity index (χ0v) is 11.9. The minimum absolute atomic E-state index is 0.0220. The Hall–Kier alpha value is -2.39. The first kappa shape index (κ1) is 16.7. The Balaban J connectivity index is 2.80. The summed E-state index contributed by atoms with van der Waals surface area (Å²) in [6.07, 6.45) is 0. The van der Waals surface area contributed by atoms with Gasteiger partial charge in [-0.1, -0.05) is 11.8 Å². The predicted octanol–water partition coefficient (Wildman–Crippen LogP) is 0.424. The SMILES string of the molecule is CC(C)NC(=O)CNC(=O)c1ccc(F)cc1C#CCO. The van der Waals surface area contributed by atoms with Crippen LogP contribution in [0.1, 0.15) is 29.8 Å². The summed E-state index contributed by atoms with van der Waals surface area (Å²) in [7, 11) is 0. The third kappa shape index (κ3) is 5.63. The van der Waals surface area contributed by atoms with Crippen molar-refractivity contribution in [2.45, 2.75) is 19.9 Å². The van der Waals surface area contributed by atoms with E-state index in [1.165, 1.54) is 6.07 Å². The third-order valence-corrected chi connectivity index (χ3v) is 2.39. The van der Waals surface area contributed by atoms with Crippen molar-refractivity contribution in [3.63, 3.8) is 0 Å².